The molecule has 0 spiro atoms. The van der Waals surface area contributed by atoms with Crippen LogP contribution in [0.5, 0.6) is 0 Å². The molecule has 4 heteroatoms. The van der Waals surface area contributed by atoms with Gasteiger partial charge in [0.1, 0.15) is 0 Å². The number of carbonyl (C=O) groups is 1. The molecule has 1 fully saturated rings. The van der Waals surface area contributed by atoms with Gasteiger partial charge in [0.25, 0.3) is 0 Å². The molecule has 4 nitrogen and oxygen atoms in total. The second-order valence-corrected chi connectivity index (χ2v) is 4.49. The van der Waals surface area contributed by atoms with Crippen molar-refractivity contribution in [1.82, 2.24) is 10.6 Å². The summed E-state index contributed by atoms with van der Waals surface area (Å²) < 4.78 is 0. The summed E-state index contributed by atoms with van der Waals surface area (Å²) >= 11 is 0. The van der Waals surface area contributed by atoms with Gasteiger partial charge in [-0.2, -0.15) is 0 Å². The number of nitrogens with one attached hydrogen (secondary N) is 2. The summed E-state index contributed by atoms with van der Waals surface area (Å²) in [6, 6.07) is 6.14. The number of fused-ring (bicyclic) bond motifs is 1. The van der Waals surface area contributed by atoms with Gasteiger partial charge >= 0.3 is 6.03 Å². The maximum atomic E-state index is 11.8. The van der Waals surface area contributed by atoms with Crippen LogP contribution in [0.2, 0.25) is 0 Å². The highest BCUT2D eigenvalue weighted by Crippen LogP contribution is 2.24. The second kappa shape index (κ2) is 3.89. The van der Waals surface area contributed by atoms with E-state index in [0.717, 1.165) is 30.9 Å². The minimum Gasteiger partial charge on any atom is -0.312 e. The lowest BCUT2D eigenvalue weighted by Gasteiger charge is -2.29. The number of nitrogens with zero attached hydrogens (tertiary/aromatic N) is 1. The van der Waals surface area contributed by atoms with Gasteiger partial charge in [-0.1, -0.05) is 12.6 Å². The first-order valence-electron chi connectivity index (χ1n) is 5.83. The van der Waals surface area contributed by atoms with Crippen LogP contribution in [0.3, 0.4) is 0 Å². The van der Waals surface area contributed by atoms with Gasteiger partial charge in [0.15, 0.2) is 0 Å². The van der Waals surface area contributed by atoms with Gasteiger partial charge in [-0.15, -0.1) is 0 Å². The van der Waals surface area contributed by atoms with Crippen LogP contribution in [0.25, 0.3) is 0 Å². The van der Waals surface area contributed by atoms with Crippen molar-refractivity contribution in [2.45, 2.75) is 19.5 Å². The first-order valence-corrected chi connectivity index (χ1v) is 5.83. The van der Waals surface area contributed by atoms with E-state index in [1.807, 2.05) is 6.07 Å². The summed E-state index contributed by atoms with van der Waals surface area (Å²) in [7, 11) is 0. The molecular weight excluding hydrogens is 214 g/mol. The van der Waals surface area contributed by atoms with E-state index in [0.29, 0.717) is 6.54 Å². The SMILES string of the molecule is C=C1CCN(c2ccc3c(c2)CNC3)C(=O)N1. The van der Waals surface area contributed by atoms with Gasteiger partial charge in [0.05, 0.1) is 0 Å². The minimum absolute atomic E-state index is 0.0767. The van der Waals surface area contributed by atoms with Crippen molar-refractivity contribution in [2.24, 2.45) is 0 Å². The first kappa shape index (κ1) is 10.4. The fourth-order valence-electron chi connectivity index (χ4n) is 2.32. The summed E-state index contributed by atoms with van der Waals surface area (Å²) in [5.41, 5.74) is 4.39. The van der Waals surface area contributed by atoms with Crippen LogP contribution in [0, 0.1) is 0 Å². The Morgan fingerprint density at radius 2 is 2.06 bits per heavy atom. The molecule has 0 unspecified atom stereocenters. The molecule has 0 aliphatic carbocycles. The minimum atomic E-state index is -0.0767. The van der Waals surface area contributed by atoms with Gasteiger partial charge in [0, 0.05) is 37.4 Å². The van der Waals surface area contributed by atoms with E-state index < -0.39 is 0 Å². The molecule has 2 amide bonds. The summed E-state index contributed by atoms with van der Waals surface area (Å²) in [5.74, 6) is 0. The average Bonchev–Trinajstić information content (AvgIpc) is 2.75. The fraction of sp³-hybridized carbons (Fsp3) is 0.308. The number of amides is 2. The zero-order valence-electron chi connectivity index (χ0n) is 9.62. The van der Waals surface area contributed by atoms with Crippen molar-refractivity contribution in [2.75, 3.05) is 11.4 Å². The molecule has 1 aromatic carbocycles. The number of carbonyl (C=O) groups excluding carboxylic acids is 1. The lowest BCUT2D eigenvalue weighted by atomic mass is 10.1. The maximum absolute atomic E-state index is 11.8. The lowest BCUT2D eigenvalue weighted by molar-refractivity contribution is 0.246. The monoisotopic (exact) mass is 229 g/mol. The third kappa shape index (κ3) is 1.80. The predicted molar refractivity (Wildman–Crippen MR) is 66.6 cm³/mol. The van der Waals surface area contributed by atoms with E-state index in [1.165, 1.54) is 11.1 Å². The molecule has 2 aliphatic rings. The van der Waals surface area contributed by atoms with Crippen LogP contribution in [-0.4, -0.2) is 12.6 Å². The van der Waals surface area contributed by atoms with Crippen LogP contribution in [0.4, 0.5) is 10.5 Å². The van der Waals surface area contributed by atoms with Crippen LogP contribution in [0.1, 0.15) is 17.5 Å². The van der Waals surface area contributed by atoms with Gasteiger partial charge in [0.2, 0.25) is 0 Å². The van der Waals surface area contributed by atoms with Crippen LogP contribution < -0.4 is 15.5 Å². The third-order valence-electron chi connectivity index (χ3n) is 3.30. The summed E-state index contributed by atoms with van der Waals surface area (Å²) in [4.78, 5) is 13.6. The van der Waals surface area contributed by atoms with E-state index >= 15 is 0 Å². The van der Waals surface area contributed by atoms with Gasteiger partial charge in [-0.25, -0.2) is 4.79 Å². The predicted octanol–water partition coefficient (Wildman–Crippen LogP) is 1.72. The summed E-state index contributed by atoms with van der Waals surface area (Å²) in [5, 5.41) is 6.08. The molecule has 88 valence electrons. The molecule has 0 saturated carbocycles. The Morgan fingerprint density at radius 1 is 1.24 bits per heavy atom. The van der Waals surface area contributed by atoms with Crippen LogP contribution >= 0.6 is 0 Å². The smallest absolute Gasteiger partial charge is 0.312 e. The molecule has 2 heterocycles. The molecule has 3 rings (SSSR count). The Morgan fingerprint density at radius 3 is 2.88 bits per heavy atom. The molecule has 1 saturated heterocycles. The second-order valence-electron chi connectivity index (χ2n) is 4.49. The molecular formula is C13H15N3O. The molecule has 0 atom stereocenters. The Hall–Kier alpha value is -1.81. The van der Waals surface area contributed by atoms with E-state index in [9.17, 15) is 4.79 Å². The highest BCUT2D eigenvalue weighted by atomic mass is 16.2. The molecule has 0 bridgehead atoms. The highest BCUT2D eigenvalue weighted by molar-refractivity contribution is 5.94. The number of hydrogen-bond donors (Lipinski definition) is 2. The maximum Gasteiger partial charge on any atom is 0.326 e. The van der Waals surface area contributed by atoms with Crippen LogP contribution in [-0.2, 0) is 13.1 Å². The zero-order valence-corrected chi connectivity index (χ0v) is 9.62. The molecule has 0 aromatic heterocycles. The highest BCUT2D eigenvalue weighted by Gasteiger charge is 2.22. The number of hydrogen-bond acceptors (Lipinski definition) is 2. The fourth-order valence-corrected chi connectivity index (χ4v) is 2.32. The van der Waals surface area contributed by atoms with E-state index in [4.69, 9.17) is 0 Å². The van der Waals surface area contributed by atoms with Crippen molar-refractivity contribution in [3.8, 4) is 0 Å². The Bertz CT molecular complexity index is 495. The zero-order chi connectivity index (χ0) is 11.8. The van der Waals surface area contributed by atoms with Crippen molar-refractivity contribution >= 4 is 11.7 Å². The largest absolute Gasteiger partial charge is 0.326 e. The first-order chi connectivity index (χ1) is 8.24. The van der Waals surface area contributed by atoms with Gasteiger partial charge < -0.3 is 10.6 Å². The molecule has 2 N–H and O–H groups in total. The number of rotatable bonds is 1. The van der Waals surface area contributed by atoms with Crippen molar-refractivity contribution in [3.63, 3.8) is 0 Å². The number of urea groups is 1. The Kier molecular flexibility index (Phi) is 2.37. The van der Waals surface area contributed by atoms with E-state index in [1.54, 1.807) is 4.90 Å². The summed E-state index contributed by atoms with van der Waals surface area (Å²) in [6.45, 7) is 6.31. The number of benzene rings is 1. The van der Waals surface area contributed by atoms with Crippen LogP contribution in [0.15, 0.2) is 30.5 Å². The quantitative estimate of drug-likeness (QED) is 0.770. The van der Waals surface area contributed by atoms with E-state index in [2.05, 4.69) is 29.3 Å². The topological polar surface area (TPSA) is 44.4 Å². The molecule has 1 aromatic rings. The molecule has 17 heavy (non-hydrogen) atoms. The molecule has 2 aliphatic heterocycles. The Labute approximate surface area is 100 Å². The standard InChI is InChI=1S/C13H15N3O/c1-9-4-5-16(13(17)15-9)12-3-2-10-7-14-8-11(10)6-12/h2-3,6,14H,1,4-5,7-8H2,(H,15,17). The Balaban J connectivity index is 1.89. The lowest BCUT2D eigenvalue weighted by Crippen LogP contribution is -2.45. The van der Waals surface area contributed by atoms with Crippen molar-refractivity contribution in [1.29, 1.82) is 0 Å². The normalized spacial score (nSPS) is 19.2. The average molecular weight is 229 g/mol. The molecule has 0 radical (unpaired) electrons. The third-order valence-corrected chi connectivity index (χ3v) is 3.30. The van der Waals surface area contributed by atoms with E-state index in [-0.39, 0.29) is 6.03 Å². The van der Waals surface area contributed by atoms with Gasteiger partial charge in [-0.3, -0.25) is 4.90 Å². The van der Waals surface area contributed by atoms with Gasteiger partial charge in [-0.05, 0) is 23.3 Å². The van der Waals surface area contributed by atoms with Crippen molar-refractivity contribution in [3.05, 3.63) is 41.6 Å². The summed E-state index contributed by atoms with van der Waals surface area (Å²) in [6.07, 6.45) is 0.807. The number of anilines is 1. The van der Waals surface area contributed by atoms with Crippen molar-refractivity contribution < 1.29 is 4.79 Å².